The maximum Gasteiger partial charge on any atom is 0.251 e. The van der Waals surface area contributed by atoms with Crippen molar-refractivity contribution >= 4 is 5.91 Å². The fourth-order valence-corrected chi connectivity index (χ4v) is 3.38. The van der Waals surface area contributed by atoms with Crippen LogP contribution in [0, 0.1) is 5.92 Å². The van der Waals surface area contributed by atoms with Gasteiger partial charge in [0, 0.05) is 18.7 Å². The molecule has 1 aliphatic rings. The highest BCUT2D eigenvalue weighted by atomic mass is 16.3. The molecule has 3 rings (SSSR count). The minimum atomic E-state index is -0.262. The molecular weight excluding hydrogens is 316 g/mol. The second kappa shape index (κ2) is 8.32. The van der Waals surface area contributed by atoms with Crippen LogP contribution in [0.5, 0.6) is 0 Å². The normalized spacial score (nSPS) is 19.5. The average molecular weight is 342 g/mol. The topological polar surface area (TPSA) is 65.7 Å². The summed E-state index contributed by atoms with van der Waals surface area (Å²) in [6, 6.07) is 11.4. The zero-order chi connectivity index (χ0) is 17.6. The predicted molar refractivity (Wildman–Crippen MR) is 96.0 cm³/mol. The van der Waals surface area contributed by atoms with E-state index in [1.54, 1.807) is 12.3 Å². The minimum absolute atomic E-state index is 0.0984. The van der Waals surface area contributed by atoms with Crippen molar-refractivity contribution in [1.82, 2.24) is 10.2 Å². The first-order valence-electron chi connectivity index (χ1n) is 8.92. The first-order chi connectivity index (χ1) is 12.1. The average Bonchev–Trinajstić information content (AvgIpc) is 3.13. The highest BCUT2D eigenvalue weighted by molar-refractivity contribution is 5.94. The Bertz CT molecular complexity index is 682. The molecule has 0 bridgehead atoms. The van der Waals surface area contributed by atoms with E-state index in [9.17, 15) is 9.90 Å². The third-order valence-electron chi connectivity index (χ3n) is 4.82. The van der Waals surface area contributed by atoms with E-state index < -0.39 is 0 Å². The Labute approximate surface area is 148 Å². The van der Waals surface area contributed by atoms with E-state index in [2.05, 4.69) is 16.3 Å². The number of amides is 1. The summed E-state index contributed by atoms with van der Waals surface area (Å²) in [5.74, 6) is 0.981. The zero-order valence-corrected chi connectivity index (χ0v) is 14.6. The molecule has 1 aromatic carbocycles. The molecule has 1 fully saturated rings. The largest absolute Gasteiger partial charge is 0.467 e. The fraction of sp³-hybridized carbons (Fsp3) is 0.450. The van der Waals surface area contributed by atoms with Crippen LogP contribution in [0.3, 0.4) is 0 Å². The van der Waals surface area contributed by atoms with Gasteiger partial charge in [-0.25, -0.2) is 0 Å². The minimum Gasteiger partial charge on any atom is -0.467 e. The quantitative estimate of drug-likeness (QED) is 0.847. The van der Waals surface area contributed by atoms with Gasteiger partial charge in [-0.05, 0) is 62.1 Å². The summed E-state index contributed by atoms with van der Waals surface area (Å²) >= 11 is 0. The summed E-state index contributed by atoms with van der Waals surface area (Å²) in [4.78, 5) is 14.7. The number of hydrogen-bond acceptors (Lipinski definition) is 4. The number of carbonyl (C=O) groups excluding carboxylic acids is 1. The van der Waals surface area contributed by atoms with Crippen LogP contribution in [0.25, 0.3) is 0 Å². The molecule has 1 amide bonds. The molecule has 25 heavy (non-hydrogen) atoms. The molecule has 5 heteroatoms. The fourth-order valence-electron chi connectivity index (χ4n) is 3.38. The van der Waals surface area contributed by atoms with Crippen LogP contribution in [0.4, 0.5) is 0 Å². The van der Waals surface area contributed by atoms with Crippen molar-refractivity contribution in [2.24, 2.45) is 5.92 Å². The number of likely N-dealkylation sites (tertiary alicyclic amines) is 1. The Kier molecular flexibility index (Phi) is 5.89. The van der Waals surface area contributed by atoms with Gasteiger partial charge in [-0.15, -0.1) is 0 Å². The van der Waals surface area contributed by atoms with Gasteiger partial charge in [0.2, 0.25) is 0 Å². The van der Waals surface area contributed by atoms with Gasteiger partial charge in [0.25, 0.3) is 5.91 Å². The molecule has 2 aromatic rings. The number of carbonyl (C=O) groups is 1. The van der Waals surface area contributed by atoms with E-state index in [1.807, 2.05) is 31.2 Å². The lowest BCUT2D eigenvalue weighted by Gasteiger charge is -2.34. The number of aliphatic hydroxyl groups excluding tert-OH is 1. The Morgan fingerprint density at radius 3 is 3.04 bits per heavy atom. The zero-order valence-electron chi connectivity index (χ0n) is 14.6. The van der Waals surface area contributed by atoms with Crippen LogP contribution in [-0.2, 0) is 13.1 Å². The summed E-state index contributed by atoms with van der Waals surface area (Å²) in [6.07, 6.45) is 3.53. The van der Waals surface area contributed by atoms with Gasteiger partial charge < -0.3 is 14.8 Å². The summed E-state index contributed by atoms with van der Waals surface area (Å²) in [5, 5.41) is 12.7. The van der Waals surface area contributed by atoms with Crippen molar-refractivity contribution in [3.05, 3.63) is 59.5 Å². The van der Waals surface area contributed by atoms with Crippen LogP contribution in [0.2, 0.25) is 0 Å². The lowest BCUT2D eigenvalue weighted by Crippen LogP contribution is -2.39. The van der Waals surface area contributed by atoms with Crippen molar-refractivity contribution in [2.75, 3.05) is 13.1 Å². The van der Waals surface area contributed by atoms with Crippen LogP contribution in [0.15, 0.2) is 47.1 Å². The van der Waals surface area contributed by atoms with E-state index >= 15 is 0 Å². The summed E-state index contributed by atoms with van der Waals surface area (Å²) in [6.45, 7) is 5.02. The first-order valence-corrected chi connectivity index (χ1v) is 8.92. The van der Waals surface area contributed by atoms with E-state index in [1.165, 1.54) is 0 Å². The van der Waals surface area contributed by atoms with E-state index in [0.717, 1.165) is 43.8 Å². The number of piperidine rings is 1. The molecule has 1 saturated heterocycles. The number of furan rings is 1. The SMILES string of the molecule is CC(O)C1CCCN(Cc2cccc(C(=O)NCc3ccco3)c2)C1. The van der Waals surface area contributed by atoms with Crippen molar-refractivity contribution in [2.45, 2.75) is 39.0 Å². The van der Waals surface area contributed by atoms with Gasteiger partial charge in [0.15, 0.2) is 0 Å². The molecule has 1 aromatic heterocycles. The monoisotopic (exact) mass is 342 g/mol. The van der Waals surface area contributed by atoms with Gasteiger partial charge in [-0.3, -0.25) is 9.69 Å². The van der Waals surface area contributed by atoms with Crippen LogP contribution < -0.4 is 5.32 Å². The van der Waals surface area contributed by atoms with Crippen LogP contribution >= 0.6 is 0 Å². The smallest absolute Gasteiger partial charge is 0.251 e. The third-order valence-corrected chi connectivity index (χ3v) is 4.82. The molecule has 0 spiro atoms. The number of nitrogens with one attached hydrogen (secondary N) is 1. The van der Waals surface area contributed by atoms with Gasteiger partial charge in [-0.1, -0.05) is 12.1 Å². The highest BCUT2D eigenvalue weighted by Crippen LogP contribution is 2.21. The van der Waals surface area contributed by atoms with Crippen molar-refractivity contribution in [1.29, 1.82) is 0 Å². The predicted octanol–water partition coefficient (Wildman–Crippen LogP) is 2.80. The van der Waals surface area contributed by atoms with Crippen molar-refractivity contribution in [3.8, 4) is 0 Å². The number of benzene rings is 1. The van der Waals surface area contributed by atoms with Crippen LogP contribution in [-0.4, -0.2) is 35.1 Å². The van der Waals surface area contributed by atoms with Crippen molar-refractivity contribution in [3.63, 3.8) is 0 Å². The molecule has 5 nitrogen and oxygen atoms in total. The van der Waals surface area contributed by atoms with Gasteiger partial charge >= 0.3 is 0 Å². The lowest BCUT2D eigenvalue weighted by atomic mass is 9.93. The molecule has 2 atom stereocenters. The highest BCUT2D eigenvalue weighted by Gasteiger charge is 2.23. The first kappa shape index (κ1) is 17.7. The molecule has 0 radical (unpaired) electrons. The third kappa shape index (κ3) is 4.94. The van der Waals surface area contributed by atoms with Gasteiger partial charge in [0.05, 0.1) is 18.9 Å². The number of nitrogens with zero attached hydrogens (tertiary/aromatic N) is 1. The maximum absolute atomic E-state index is 12.3. The Morgan fingerprint density at radius 1 is 1.40 bits per heavy atom. The molecule has 0 saturated carbocycles. The summed E-state index contributed by atoms with van der Waals surface area (Å²) in [5.41, 5.74) is 1.78. The van der Waals surface area contributed by atoms with Gasteiger partial charge in [0.1, 0.15) is 5.76 Å². The standard InChI is InChI=1S/C20H26N2O3/c1-15(23)18-7-3-9-22(14-18)13-16-5-2-6-17(11-16)20(24)21-12-19-8-4-10-25-19/h2,4-6,8,10-11,15,18,23H,3,7,9,12-14H2,1H3,(H,21,24). The molecule has 2 unspecified atom stereocenters. The molecule has 134 valence electrons. The molecule has 2 heterocycles. The molecule has 2 N–H and O–H groups in total. The number of aliphatic hydroxyl groups is 1. The lowest BCUT2D eigenvalue weighted by molar-refractivity contribution is 0.0599. The molecule has 1 aliphatic heterocycles. The molecule has 0 aliphatic carbocycles. The van der Waals surface area contributed by atoms with Gasteiger partial charge in [-0.2, -0.15) is 0 Å². The van der Waals surface area contributed by atoms with E-state index in [4.69, 9.17) is 4.42 Å². The van der Waals surface area contributed by atoms with E-state index in [-0.39, 0.29) is 12.0 Å². The second-order valence-electron chi connectivity index (χ2n) is 6.84. The summed E-state index contributed by atoms with van der Waals surface area (Å²) < 4.78 is 5.23. The number of rotatable bonds is 6. The Hall–Kier alpha value is -2.11. The van der Waals surface area contributed by atoms with E-state index in [0.29, 0.717) is 18.0 Å². The maximum atomic E-state index is 12.3. The van der Waals surface area contributed by atoms with Crippen molar-refractivity contribution < 1.29 is 14.3 Å². The second-order valence-corrected chi connectivity index (χ2v) is 6.84. The molecular formula is C20H26N2O3. The number of hydrogen-bond donors (Lipinski definition) is 2. The summed E-state index contributed by atoms with van der Waals surface area (Å²) in [7, 11) is 0. The van der Waals surface area contributed by atoms with Crippen LogP contribution in [0.1, 0.15) is 41.4 Å². The Balaban J connectivity index is 1.58. The Morgan fingerprint density at radius 2 is 2.28 bits per heavy atom.